The number of hydrogen-bond donors (Lipinski definition) is 3. The van der Waals surface area contributed by atoms with E-state index in [2.05, 4.69) is 20.4 Å². The Bertz CT molecular complexity index is 962. The number of aromatic nitrogens is 4. The third-order valence-corrected chi connectivity index (χ3v) is 6.81. The molecule has 3 N–H and O–H groups in total. The van der Waals surface area contributed by atoms with Gasteiger partial charge in [0.1, 0.15) is 0 Å². The van der Waals surface area contributed by atoms with Crippen LogP contribution < -0.4 is 5.32 Å². The molecule has 3 heterocycles. The third kappa shape index (κ3) is 5.75. The molecule has 0 amide bonds. The maximum atomic E-state index is 12.1. The zero-order chi connectivity index (χ0) is 21.9. The van der Waals surface area contributed by atoms with Gasteiger partial charge in [0.2, 0.25) is 16.0 Å². The first-order valence-electron chi connectivity index (χ1n) is 10.0. The van der Waals surface area contributed by atoms with E-state index in [0.29, 0.717) is 38.4 Å². The lowest BCUT2D eigenvalue weighted by atomic mass is 10.1. The summed E-state index contributed by atoms with van der Waals surface area (Å²) in [5, 5.41) is 26.5. The molecule has 0 atom stereocenters. The van der Waals surface area contributed by atoms with Crippen LogP contribution in [0.3, 0.4) is 0 Å². The Balaban J connectivity index is 1.67. The average molecular weight is 439 g/mol. The third-order valence-electron chi connectivity index (χ3n) is 4.96. The van der Waals surface area contributed by atoms with Crippen LogP contribution >= 0.6 is 0 Å². The lowest BCUT2D eigenvalue weighted by molar-refractivity contribution is 0.0577. The Kier molecular flexibility index (Phi) is 6.75. The Labute approximate surface area is 177 Å². The molecule has 0 bridgehead atoms. The number of aliphatic hydroxyl groups is 2. The maximum absolute atomic E-state index is 12.1. The second-order valence-electron chi connectivity index (χ2n) is 8.32. The molecule has 3 rings (SSSR count). The standard InChI is InChI=1S/C19H30N6O4S/c1-14-10-20-18(22-16-4-6-25(7-5-16)30(28,29)9-8-26)23-17(14)15-11-21-24(12-15)13-19(2,3)27/h10-12,16,26-27H,4-9,13H2,1-3H3,(H,20,22,23). The van der Waals surface area contributed by atoms with Gasteiger partial charge in [-0.3, -0.25) is 4.68 Å². The van der Waals surface area contributed by atoms with Crippen molar-refractivity contribution in [1.29, 1.82) is 0 Å². The molecule has 0 aliphatic carbocycles. The highest BCUT2D eigenvalue weighted by Crippen LogP contribution is 2.23. The Morgan fingerprint density at radius 2 is 1.97 bits per heavy atom. The number of nitrogens with zero attached hydrogens (tertiary/aromatic N) is 5. The Hall–Kier alpha value is -2.08. The highest BCUT2D eigenvalue weighted by atomic mass is 32.2. The first kappa shape index (κ1) is 22.6. The van der Waals surface area contributed by atoms with Crippen molar-refractivity contribution in [3.05, 3.63) is 24.2 Å². The van der Waals surface area contributed by atoms with Gasteiger partial charge in [-0.25, -0.2) is 22.7 Å². The van der Waals surface area contributed by atoms with Gasteiger partial charge in [0.15, 0.2) is 0 Å². The molecule has 2 aromatic heterocycles. The molecule has 2 aromatic rings. The van der Waals surface area contributed by atoms with Gasteiger partial charge in [0.05, 0.1) is 36.4 Å². The van der Waals surface area contributed by atoms with Crippen molar-refractivity contribution in [3.8, 4) is 11.3 Å². The van der Waals surface area contributed by atoms with Crippen molar-refractivity contribution < 1.29 is 18.6 Å². The zero-order valence-corrected chi connectivity index (χ0v) is 18.4. The molecule has 0 radical (unpaired) electrons. The first-order chi connectivity index (χ1) is 14.1. The largest absolute Gasteiger partial charge is 0.395 e. The molecule has 0 spiro atoms. The second-order valence-corrected chi connectivity index (χ2v) is 10.4. The van der Waals surface area contributed by atoms with E-state index in [4.69, 9.17) is 5.11 Å². The van der Waals surface area contributed by atoms with Crippen LogP contribution in [-0.2, 0) is 16.6 Å². The van der Waals surface area contributed by atoms with E-state index in [1.54, 1.807) is 30.9 Å². The number of sulfonamides is 1. The molecule has 0 aromatic carbocycles. The summed E-state index contributed by atoms with van der Waals surface area (Å²) in [5.41, 5.74) is 1.65. The van der Waals surface area contributed by atoms with E-state index >= 15 is 0 Å². The fraction of sp³-hybridized carbons (Fsp3) is 0.632. The van der Waals surface area contributed by atoms with E-state index in [-0.39, 0.29) is 18.4 Å². The minimum atomic E-state index is -3.39. The average Bonchev–Trinajstić information content (AvgIpc) is 3.10. The Morgan fingerprint density at radius 3 is 2.60 bits per heavy atom. The van der Waals surface area contributed by atoms with E-state index in [1.807, 2.05) is 13.1 Å². The second kappa shape index (κ2) is 8.96. The van der Waals surface area contributed by atoms with Crippen LogP contribution in [0.25, 0.3) is 11.3 Å². The molecule has 1 fully saturated rings. The smallest absolute Gasteiger partial charge is 0.223 e. The molecule has 0 unspecified atom stereocenters. The van der Waals surface area contributed by atoms with Gasteiger partial charge in [0.25, 0.3) is 0 Å². The summed E-state index contributed by atoms with van der Waals surface area (Å²) in [6.45, 7) is 6.20. The number of anilines is 1. The topological polar surface area (TPSA) is 133 Å². The summed E-state index contributed by atoms with van der Waals surface area (Å²) in [6.07, 6.45) is 6.59. The summed E-state index contributed by atoms with van der Waals surface area (Å²) in [6, 6.07) is 0.0686. The fourth-order valence-electron chi connectivity index (χ4n) is 3.48. The highest BCUT2D eigenvalue weighted by Gasteiger charge is 2.28. The van der Waals surface area contributed by atoms with Crippen LogP contribution in [0.1, 0.15) is 32.3 Å². The lowest BCUT2D eigenvalue weighted by Gasteiger charge is -2.31. The summed E-state index contributed by atoms with van der Waals surface area (Å²) < 4.78 is 27.3. The van der Waals surface area contributed by atoms with Crippen molar-refractivity contribution in [2.75, 3.05) is 30.8 Å². The molecular formula is C19H30N6O4S. The van der Waals surface area contributed by atoms with Crippen LogP contribution in [0.15, 0.2) is 18.6 Å². The quantitative estimate of drug-likeness (QED) is 0.546. The van der Waals surface area contributed by atoms with Crippen molar-refractivity contribution in [2.45, 2.75) is 51.8 Å². The molecule has 1 aliphatic heterocycles. The summed E-state index contributed by atoms with van der Waals surface area (Å²) in [4.78, 5) is 9.01. The predicted molar refractivity (Wildman–Crippen MR) is 113 cm³/mol. The molecule has 1 aliphatic rings. The van der Waals surface area contributed by atoms with Crippen molar-refractivity contribution in [2.24, 2.45) is 0 Å². The van der Waals surface area contributed by atoms with E-state index in [1.165, 1.54) is 4.31 Å². The number of hydrogen-bond acceptors (Lipinski definition) is 8. The van der Waals surface area contributed by atoms with Gasteiger partial charge >= 0.3 is 0 Å². The Morgan fingerprint density at radius 1 is 1.27 bits per heavy atom. The van der Waals surface area contributed by atoms with Crippen LogP contribution in [0.5, 0.6) is 0 Å². The molecule has 0 saturated carbocycles. The monoisotopic (exact) mass is 438 g/mol. The molecule has 166 valence electrons. The van der Waals surface area contributed by atoms with Gasteiger partial charge < -0.3 is 15.5 Å². The fourth-order valence-corrected chi connectivity index (χ4v) is 4.73. The number of aliphatic hydroxyl groups excluding tert-OH is 1. The van der Waals surface area contributed by atoms with E-state index in [0.717, 1.165) is 16.8 Å². The normalized spacial score (nSPS) is 16.7. The summed E-state index contributed by atoms with van der Waals surface area (Å²) in [7, 11) is -3.39. The van der Waals surface area contributed by atoms with Crippen molar-refractivity contribution in [3.63, 3.8) is 0 Å². The van der Waals surface area contributed by atoms with Crippen LogP contribution in [-0.4, -0.2) is 79.8 Å². The highest BCUT2D eigenvalue weighted by molar-refractivity contribution is 7.89. The van der Waals surface area contributed by atoms with E-state index in [9.17, 15) is 13.5 Å². The van der Waals surface area contributed by atoms with Gasteiger partial charge in [0, 0.05) is 37.1 Å². The SMILES string of the molecule is Cc1cnc(NC2CCN(S(=O)(=O)CCO)CC2)nc1-c1cnn(CC(C)(C)O)c1. The van der Waals surface area contributed by atoms with Crippen LogP contribution in [0, 0.1) is 6.92 Å². The number of nitrogens with one attached hydrogen (secondary N) is 1. The van der Waals surface area contributed by atoms with Crippen molar-refractivity contribution in [1.82, 2.24) is 24.1 Å². The minimum Gasteiger partial charge on any atom is -0.395 e. The zero-order valence-electron chi connectivity index (χ0n) is 17.6. The molecule has 1 saturated heterocycles. The van der Waals surface area contributed by atoms with Gasteiger partial charge in [-0.05, 0) is 39.2 Å². The van der Waals surface area contributed by atoms with Crippen LogP contribution in [0.4, 0.5) is 5.95 Å². The van der Waals surface area contributed by atoms with Gasteiger partial charge in [-0.2, -0.15) is 5.10 Å². The van der Waals surface area contributed by atoms with Gasteiger partial charge in [-0.15, -0.1) is 0 Å². The minimum absolute atomic E-state index is 0.0686. The van der Waals surface area contributed by atoms with Crippen LogP contribution in [0.2, 0.25) is 0 Å². The van der Waals surface area contributed by atoms with Gasteiger partial charge in [-0.1, -0.05) is 0 Å². The molecule has 30 heavy (non-hydrogen) atoms. The lowest BCUT2D eigenvalue weighted by Crippen LogP contribution is -2.43. The molecule has 10 nitrogen and oxygen atoms in total. The molecule has 11 heteroatoms. The summed E-state index contributed by atoms with van der Waals surface area (Å²) in [5.74, 6) is 0.249. The maximum Gasteiger partial charge on any atom is 0.223 e. The predicted octanol–water partition coefficient (Wildman–Crippen LogP) is 0.618. The summed E-state index contributed by atoms with van der Waals surface area (Å²) >= 11 is 0. The molecular weight excluding hydrogens is 408 g/mol. The van der Waals surface area contributed by atoms with E-state index < -0.39 is 15.6 Å². The number of piperidine rings is 1. The first-order valence-corrected chi connectivity index (χ1v) is 11.6. The number of aryl methyl sites for hydroxylation is 1. The number of rotatable bonds is 8. The van der Waals surface area contributed by atoms with Crippen molar-refractivity contribution >= 4 is 16.0 Å².